The maximum Gasteiger partial charge on any atom is 0.248 e. The number of rotatable bonds is 6. The van der Waals surface area contributed by atoms with Crippen LogP contribution in [0.1, 0.15) is 13.3 Å². The van der Waals surface area contributed by atoms with Crippen molar-refractivity contribution in [2.24, 2.45) is 0 Å². The summed E-state index contributed by atoms with van der Waals surface area (Å²) in [4.78, 5) is 12.8. The predicted octanol–water partition coefficient (Wildman–Crippen LogP) is 4.83. The van der Waals surface area contributed by atoms with Crippen LogP contribution in [0.25, 0.3) is 0 Å². The third kappa shape index (κ3) is 5.04. The molecule has 0 radical (unpaired) electrons. The van der Waals surface area contributed by atoms with E-state index in [9.17, 15) is 13.2 Å². The lowest BCUT2D eigenvalue weighted by molar-refractivity contribution is -0.117. The van der Waals surface area contributed by atoms with Gasteiger partial charge in [0.25, 0.3) is 0 Å². The Kier molecular flexibility index (Phi) is 6.80. The largest absolute Gasteiger partial charge is 0.323 e. The smallest absolute Gasteiger partial charge is 0.248 e. The van der Waals surface area contributed by atoms with Crippen LogP contribution in [-0.4, -0.2) is 26.6 Å². The minimum Gasteiger partial charge on any atom is -0.323 e. The Labute approximate surface area is 167 Å². The van der Waals surface area contributed by atoms with Crippen LogP contribution in [0, 0.1) is 0 Å². The monoisotopic (exact) mass is 434 g/mol. The number of anilines is 2. The molecule has 0 aromatic heterocycles. The fraction of sp³-hybridized carbons (Fsp3) is 0.235. The first-order chi connectivity index (χ1) is 12.1. The van der Waals surface area contributed by atoms with E-state index in [-0.39, 0.29) is 11.4 Å². The molecule has 0 aliphatic heterocycles. The number of amides is 1. The van der Waals surface area contributed by atoms with Crippen LogP contribution in [0.5, 0.6) is 0 Å². The second kappa shape index (κ2) is 8.48. The average molecular weight is 436 g/mol. The van der Waals surface area contributed by atoms with E-state index in [1.54, 1.807) is 37.3 Å². The highest BCUT2D eigenvalue weighted by Gasteiger charge is 2.31. The van der Waals surface area contributed by atoms with Crippen LogP contribution >= 0.6 is 34.8 Å². The van der Waals surface area contributed by atoms with E-state index in [0.29, 0.717) is 21.4 Å². The molecular formula is C17H17Cl3N2O3S. The van der Waals surface area contributed by atoms with Gasteiger partial charge in [0, 0.05) is 10.0 Å². The SMILES string of the molecule is CC[C@H](C(=O)Nc1ccc(Cl)cc1Cl)N(c1cccc(Cl)c1)S(C)(=O)=O. The number of hydrogen-bond donors (Lipinski definition) is 1. The molecule has 2 aromatic carbocycles. The summed E-state index contributed by atoms with van der Waals surface area (Å²) in [5.41, 5.74) is 0.656. The first-order valence-corrected chi connectivity index (χ1v) is 10.6. The van der Waals surface area contributed by atoms with Gasteiger partial charge in [-0.25, -0.2) is 8.42 Å². The molecular weight excluding hydrogens is 419 g/mol. The second-order valence-electron chi connectivity index (χ2n) is 5.58. The third-order valence-electron chi connectivity index (χ3n) is 3.58. The lowest BCUT2D eigenvalue weighted by Gasteiger charge is -2.30. The molecule has 26 heavy (non-hydrogen) atoms. The lowest BCUT2D eigenvalue weighted by atomic mass is 10.2. The molecule has 0 aliphatic carbocycles. The number of sulfonamides is 1. The molecule has 0 saturated carbocycles. The molecule has 1 N–H and O–H groups in total. The molecule has 0 spiro atoms. The first kappa shape index (κ1) is 20.8. The topological polar surface area (TPSA) is 66.5 Å². The van der Waals surface area contributed by atoms with E-state index in [4.69, 9.17) is 34.8 Å². The molecule has 0 bridgehead atoms. The molecule has 0 heterocycles. The number of halogens is 3. The van der Waals surface area contributed by atoms with Crippen molar-refractivity contribution in [2.45, 2.75) is 19.4 Å². The van der Waals surface area contributed by atoms with E-state index in [1.165, 1.54) is 12.1 Å². The number of nitrogens with one attached hydrogen (secondary N) is 1. The van der Waals surface area contributed by atoms with Crippen molar-refractivity contribution < 1.29 is 13.2 Å². The zero-order valence-corrected chi connectivity index (χ0v) is 17.1. The minimum absolute atomic E-state index is 0.247. The Morgan fingerprint density at radius 1 is 1.12 bits per heavy atom. The summed E-state index contributed by atoms with van der Waals surface area (Å²) in [5.74, 6) is -0.512. The van der Waals surface area contributed by atoms with Gasteiger partial charge in [0.15, 0.2) is 0 Å². The van der Waals surface area contributed by atoms with E-state index in [0.717, 1.165) is 10.6 Å². The minimum atomic E-state index is -3.74. The molecule has 2 rings (SSSR count). The van der Waals surface area contributed by atoms with Gasteiger partial charge in [0.05, 0.1) is 22.7 Å². The second-order valence-corrected chi connectivity index (χ2v) is 8.72. The molecule has 1 atom stereocenters. The van der Waals surface area contributed by atoms with E-state index < -0.39 is 22.0 Å². The van der Waals surface area contributed by atoms with Gasteiger partial charge in [-0.15, -0.1) is 0 Å². The highest BCUT2D eigenvalue weighted by Crippen LogP contribution is 2.28. The Balaban J connectivity index is 2.40. The van der Waals surface area contributed by atoms with Gasteiger partial charge < -0.3 is 5.32 Å². The summed E-state index contributed by atoms with van der Waals surface area (Å²) in [7, 11) is -3.74. The molecule has 0 fully saturated rings. The zero-order valence-electron chi connectivity index (χ0n) is 14.0. The normalized spacial score (nSPS) is 12.5. The fourth-order valence-corrected chi connectivity index (χ4v) is 4.32. The quantitative estimate of drug-likeness (QED) is 0.706. The standard InChI is InChI=1S/C17H17Cl3N2O3S/c1-3-16(17(23)21-15-8-7-12(19)10-14(15)20)22(26(2,24)25)13-6-4-5-11(18)9-13/h4-10,16H,3H2,1-2H3,(H,21,23)/t16-/m1/s1. The number of benzene rings is 2. The summed E-state index contributed by atoms with van der Waals surface area (Å²) in [6.45, 7) is 1.72. The summed E-state index contributed by atoms with van der Waals surface area (Å²) in [6.07, 6.45) is 1.29. The lowest BCUT2D eigenvalue weighted by Crippen LogP contribution is -2.47. The van der Waals surface area contributed by atoms with Crippen molar-refractivity contribution in [3.05, 3.63) is 57.5 Å². The first-order valence-electron chi connectivity index (χ1n) is 7.64. The molecule has 0 unspecified atom stereocenters. The molecule has 0 aliphatic rings. The predicted molar refractivity (Wildman–Crippen MR) is 108 cm³/mol. The van der Waals surface area contributed by atoms with Crippen LogP contribution in [0.2, 0.25) is 15.1 Å². The maximum atomic E-state index is 12.8. The zero-order chi connectivity index (χ0) is 19.5. The van der Waals surface area contributed by atoms with Crippen molar-refractivity contribution in [2.75, 3.05) is 15.9 Å². The Hall–Kier alpha value is -1.47. The van der Waals surface area contributed by atoms with Crippen molar-refractivity contribution in [1.82, 2.24) is 0 Å². The maximum absolute atomic E-state index is 12.8. The highest BCUT2D eigenvalue weighted by atomic mass is 35.5. The average Bonchev–Trinajstić information content (AvgIpc) is 2.53. The van der Waals surface area contributed by atoms with E-state index in [2.05, 4.69) is 5.32 Å². The third-order valence-corrected chi connectivity index (χ3v) is 5.54. The summed E-state index contributed by atoms with van der Waals surface area (Å²) in [6, 6.07) is 9.97. The number of nitrogens with zero attached hydrogens (tertiary/aromatic N) is 1. The summed E-state index contributed by atoms with van der Waals surface area (Å²) >= 11 is 17.9. The molecule has 2 aromatic rings. The van der Waals surface area contributed by atoms with Crippen LogP contribution in [0.4, 0.5) is 11.4 Å². The summed E-state index contributed by atoms with van der Waals surface area (Å²) < 4.78 is 25.8. The Morgan fingerprint density at radius 2 is 1.77 bits per heavy atom. The molecule has 9 heteroatoms. The van der Waals surface area contributed by atoms with Gasteiger partial charge in [-0.3, -0.25) is 9.10 Å². The van der Waals surface area contributed by atoms with Crippen LogP contribution in [0.3, 0.4) is 0 Å². The molecule has 1 amide bonds. The summed E-state index contributed by atoms with van der Waals surface area (Å²) in [5, 5.41) is 3.71. The van der Waals surface area contributed by atoms with Crippen molar-refractivity contribution in [1.29, 1.82) is 0 Å². The highest BCUT2D eigenvalue weighted by molar-refractivity contribution is 7.92. The Morgan fingerprint density at radius 3 is 2.31 bits per heavy atom. The molecule has 0 saturated heterocycles. The molecule has 140 valence electrons. The number of hydrogen-bond acceptors (Lipinski definition) is 3. The number of carbonyl (C=O) groups excluding carboxylic acids is 1. The van der Waals surface area contributed by atoms with Gasteiger partial charge in [0.2, 0.25) is 15.9 Å². The number of carbonyl (C=O) groups is 1. The van der Waals surface area contributed by atoms with Gasteiger partial charge in [0.1, 0.15) is 6.04 Å². The van der Waals surface area contributed by atoms with Gasteiger partial charge >= 0.3 is 0 Å². The van der Waals surface area contributed by atoms with Crippen molar-refractivity contribution in [3.63, 3.8) is 0 Å². The van der Waals surface area contributed by atoms with E-state index >= 15 is 0 Å². The fourth-order valence-electron chi connectivity index (χ4n) is 2.48. The van der Waals surface area contributed by atoms with Gasteiger partial charge in [-0.05, 0) is 42.8 Å². The van der Waals surface area contributed by atoms with E-state index in [1.807, 2.05) is 0 Å². The van der Waals surface area contributed by atoms with Crippen molar-refractivity contribution in [3.8, 4) is 0 Å². The van der Waals surface area contributed by atoms with Crippen molar-refractivity contribution >= 4 is 62.1 Å². The van der Waals surface area contributed by atoms with Crippen LogP contribution in [0.15, 0.2) is 42.5 Å². The van der Waals surface area contributed by atoms with Crippen LogP contribution in [-0.2, 0) is 14.8 Å². The molecule has 5 nitrogen and oxygen atoms in total. The Bertz CT molecular complexity index is 919. The van der Waals surface area contributed by atoms with Crippen LogP contribution < -0.4 is 9.62 Å². The van der Waals surface area contributed by atoms with Gasteiger partial charge in [-0.2, -0.15) is 0 Å². The van der Waals surface area contributed by atoms with Gasteiger partial charge in [-0.1, -0.05) is 47.8 Å².